The minimum absolute atomic E-state index is 0.0223. The average Bonchev–Trinajstić information content (AvgIpc) is 3.10. The smallest absolute Gasteiger partial charge is 0.266 e. The van der Waals surface area contributed by atoms with Gasteiger partial charge in [-0.3, -0.25) is 9.59 Å². The number of nitrogens with one attached hydrogen (secondary N) is 1. The molecule has 4 nitrogen and oxygen atoms in total. The fourth-order valence-electron chi connectivity index (χ4n) is 2.85. The molecule has 0 aliphatic heterocycles. The lowest BCUT2D eigenvalue weighted by Gasteiger charge is -2.13. The van der Waals surface area contributed by atoms with Crippen LogP contribution in [0.15, 0.2) is 17.5 Å². The quantitative estimate of drug-likeness (QED) is 0.851. The van der Waals surface area contributed by atoms with Crippen LogP contribution in [0.25, 0.3) is 0 Å². The summed E-state index contributed by atoms with van der Waals surface area (Å²) in [6.07, 6.45) is 5.39. The van der Waals surface area contributed by atoms with E-state index in [1.807, 2.05) is 11.4 Å². The molecule has 0 fully saturated rings. The van der Waals surface area contributed by atoms with E-state index < -0.39 is 0 Å². The second-order valence-corrected chi connectivity index (χ2v) is 7.95. The molecule has 0 saturated heterocycles. The summed E-state index contributed by atoms with van der Waals surface area (Å²) in [5.74, 6) is -0.157. The van der Waals surface area contributed by atoms with E-state index >= 15 is 0 Å². The first-order valence-corrected chi connectivity index (χ1v) is 9.48. The average molecular weight is 348 g/mol. The van der Waals surface area contributed by atoms with Crippen LogP contribution in [-0.4, -0.2) is 30.8 Å². The van der Waals surface area contributed by atoms with Crippen LogP contribution in [0, 0.1) is 0 Å². The van der Waals surface area contributed by atoms with Crippen LogP contribution in [-0.2, 0) is 12.8 Å². The monoisotopic (exact) mass is 348 g/mol. The van der Waals surface area contributed by atoms with Crippen LogP contribution in [0.2, 0.25) is 0 Å². The van der Waals surface area contributed by atoms with Crippen molar-refractivity contribution in [1.82, 2.24) is 4.90 Å². The predicted octanol–water partition coefficient (Wildman–Crippen LogP) is 4.03. The number of fused-ring (bicyclic) bond motifs is 1. The number of amides is 2. The van der Waals surface area contributed by atoms with Gasteiger partial charge in [0.05, 0.1) is 10.4 Å². The highest BCUT2D eigenvalue weighted by molar-refractivity contribution is 7.17. The molecule has 2 aromatic heterocycles. The normalized spacial score (nSPS) is 14.0. The molecule has 0 bridgehead atoms. The molecule has 0 saturated carbocycles. The van der Waals surface area contributed by atoms with Gasteiger partial charge in [-0.1, -0.05) is 12.5 Å². The number of thiophene rings is 2. The van der Waals surface area contributed by atoms with E-state index in [0.717, 1.165) is 31.2 Å². The van der Waals surface area contributed by atoms with Gasteiger partial charge in [0.2, 0.25) is 0 Å². The minimum Gasteiger partial charge on any atom is -0.345 e. The molecule has 2 aromatic rings. The van der Waals surface area contributed by atoms with Crippen molar-refractivity contribution in [3.63, 3.8) is 0 Å². The van der Waals surface area contributed by atoms with Gasteiger partial charge in [-0.05, 0) is 42.7 Å². The lowest BCUT2D eigenvalue weighted by Crippen LogP contribution is -2.24. The maximum Gasteiger partial charge on any atom is 0.266 e. The summed E-state index contributed by atoms with van der Waals surface area (Å²) >= 11 is 2.98. The van der Waals surface area contributed by atoms with Gasteiger partial charge < -0.3 is 10.2 Å². The number of hydrogen-bond donors (Lipinski definition) is 1. The minimum atomic E-state index is -0.135. The molecule has 0 atom stereocenters. The number of carbonyl (C=O) groups is 2. The van der Waals surface area contributed by atoms with Crippen molar-refractivity contribution in [2.24, 2.45) is 0 Å². The van der Waals surface area contributed by atoms with Crippen molar-refractivity contribution in [1.29, 1.82) is 0 Å². The Morgan fingerprint density at radius 2 is 1.96 bits per heavy atom. The first kappa shape index (κ1) is 16.2. The lowest BCUT2D eigenvalue weighted by molar-refractivity contribution is 0.0828. The summed E-state index contributed by atoms with van der Waals surface area (Å²) in [5.41, 5.74) is 1.84. The third-order valence-corrected chi connectivity index (χ3v) is 6.09. The van der Waals surface area contributed by atoms with Crippen LogP contribution in [0.3, 0.4) is 0 Å². The topological polar surface area (TPSA) is 49.4 Å². The molecule has 2 amide bonds. The lowest BCUT2D eigenvalue weighted by atomic mass is 10.0. The van der Waals surface area contributed by atoms with E-state index in [9.17, 15) is 9.59 Å². The van der Waals surface area contributed by atoms with E-state index in [1.54, 1.807) is 36.4 Å². The Morgan fingerprint density at radius 1 is 1.17 bits per heavy atom. The van der Waals surface area contributed by atoms with Crippen molar-refractivity contribution < 1.29 is 9.59 Å². The highest BCUT2D eigenvalue weighted by Gasteiger charge is 2.26. The van der Waals surface area contributed by atoms with E-state index in [-0.39, 0.29) is 11.8 Å². The number of hydrogen-bond acceptors (Lipinski definition) is 4. The second-order valence-electron chi connectivity index (χ2n) is 5.90. The summed E-state index contributed by atoms with van der Waals surface area (Å²) in [4.78, 5) is 28.6. The molecule has 1 aliphatic carbocycles. The highest BCUT2D eigenvalue weighted by atomic mass is 32.1. The third-order valence-electron chi connectivity index (χ3n) is 4.01. The van der Waals surface area contributed by atoms with Gasteiger partial charge in [-0.15, -0.1) is 22.7 Å². The van der Waals surface area contributed by atoms with Crippen LogP contribution in [0.4, 0.5) is 5.00 Å². The van der Waals surface area contributed by atoms with Gasteiger partial charge in [0, 0.05) is 19.0 Å². The zero-order valence-corrected chi connectivity index (χ0v) is 15.0. The maximum absolute atomic E-state index is 12.7. The Balaban J connectivity index is 1.98. The van der Waals surface area contributed by atoms with Gasteiger partial charge in [-0.25, -0.2) is 0 Å². The molecule has 23 heavy (non-hydrogen) atoms. The molecular weight excluding hydrogens is 328 g/mol. The molecule has 2 heterocycles. The van der Waals surface area contributed by atoms with Gasteiger partial charge in [0.1, 0.15) is 5.00 Å². The summed E-state index contributed by atoms with van der Waals surface area (Å²) in [6.45, 7) is 0. The number of nitrogens with zero attached hydrogens (tertiary/aromatic N) is 1. The zero-order valence-electron chi connectivity index (χ0n) is 13.3. The highest BCUT2D eigenvalue weighted by Crippen LogP contribution is 2.38. The molecule has 0 aromatic carbocycles. The Labute approximate surface area is 144 Å². The molecule has 0 spiro atoms. The molecular formula is C17H20N2O2S2. The van der Waals surface area contributed by atoms with Crippen molar-refractivity contribution in [3.8, 4) is 0 Å². The zero-order chi connectivity index (χ0) is 16.4. The molecule has 122 valence electrons. The van der Waals surface area contributed by atoms with Gasteiger partial charge in [-0.2, -0.15) is 0 Å². The van der Waals surface area contributed by atoms with E-state index in [4.69, 9.17) is 0 Å². The summed E-state index contributed by atoms with van der Waals surface area (Å²) < 4.78 is 0. The van der Waals surface area contributed by atoms with Gasteiger partial charge in [0.15, 0.2) is 0 Å². The Kier molecular flexibility index (Phi) is 4.82. The number of anilines is 1. The standard InChI is InChI=1S/C17H20N2O2S2/c1-19(2)17(21)14-11-7-4-3-5-8-12(11)23-16(14)18-15(20)13-9-6-10-22-13/h6,9-10H,3-5,7-8H2,1-2H3,(H,18,20). The van der Waals surface area contributed by atoms with Crippen molar-refractivity contribution in [3.05, 3.63) is 38.4 Å². The number of rotatable bonds is 3. The fourth-order valence-corrected chi connectivity index (χ4v) is 4.75. The van der Waals surface area contributed by atoms with Crippen molar-refractivity contribution in [2.45, 2.75) is 32.1 Å². The largest absolute Gasteiger partial charge is 0.345 e. The molecule has 0 unspecified atom stereocenters. The number of aryl methyl sites for hydroxylation is 1. The maximum atomic E-state index is 12.7. The van der Waals surface area contributed by atoms with Crippen molar-refractivity contribution in [2.75, 3.05) is 19.4 Å². The third kappa shape index (κ3) is 3.33. The van der Waals surface area contributed by atoms with E-state index in [2.05, 4.69) is 5.32 Å². The van der Waals surface area contributed by atoms with Crippen LogP contribution in [0.1, 0.15) is 49.7 Å². The van der Waals surface area contributed by atoms with Gasteiger partial charge in [0.25, 0.3) is 11.8 Å². The first-order chi connectivity index (χ1) is 11.1. The summed E-state index contributed by atoms with van der Waals surface area (Å²) in [5, 5.41) is 5.55. The van der Waals surface area contributed by atoms with Crippen LogP contribution >= 0.6 is 22.7 Å². The second kappa shape index (κ2) is 6.84. The summed E-state index contributed by atoms with van der Waals surface area (Å²) in [6, 6.07) is 3.65. The molecule has 3 rings (SSSR count). The fraction of sp³-hybridized carbons (Fsp3) is 0.412. The van der Waals surface area contributed by atoms with E-state index in [0.29, 0.717) is 15.4 Å². The van der Waals surface area contributed by atoms with Crippen LogP contribution < -0.4 is 5.32 Å². The van der Waals surface area contributed by atoms with Crippen LogP contribution in [0.5, 0.6) is 0 Å². The summed E-state index contributed by atoms with van der Waals surface area (Å²) in [7, 11) is 3.52. The molecule has 1 aliphatic rings. The molecule has 0 radical (unpaired) electrons. The number of carbonyl (C=O) groups excluding carboxylic acids is 2. The molecule has 1 N–H and O–H groups in total. The van der Waals surface area contributed by atoms with Gasteiger partial charge >= 0.3 is 0 Å². The Bertz CT molecular complexity index is 717. The van der Waals surface area contributed by atoms with E-state index in [1.165, 1.54) is 22.6 Å². The predicted molar refractivity (Wildman–Crippen MR) is 95.9 cm³/mol. The molecule has 6 heteroatoms. The Morgan fingerprint density at radius 3 is 2.65 bits per heavy atom. The Hall–Kier alpha value is -1.66. The SMILES string of the molecule is CN(C)C(=O)c1c(NC(=O)c2cccs2)sc2c1CCCCC2. The van der Waals surface area contributed by atoms with Crippen molar-refractivity contribution >= 4 is 39.5 Å². The first-order valence-electron chi connectivity index (χ1n) is 7.79.